The summed E-state index contributed by atoms with van der Waals surface area (Å²) in [7, 11) is 0. The lowest BCUT2D eigenvalue weighted by atomic mass is 10.0. The third-order valence-corrected chi connectivity index (χ3v) is 7.80. The number of carbonyl (C=O) groups is 1. The molecule has 3 atom stereocenters. The van der Waals surface area contributed by atoms with E-state index in [4.69, 9.17) is 4.52 Å². The van der Waals surface area contributed by atoms with E-state index in [1.54, 1.807) is 18.2 Å². The summed E-state index contributed by atoms with van der Waals surface area (Å²) in [5.41, 5.74) is -3.97. The first kappa shape index (κ1) is 22.4. The molecule has 7 nitrogen and oxygen atoms in total. The normalized spacial score (nSPS) is 23.8. The number of thioether (sulfide) groups is 1. The van der Waals surface area contributed by atoms with E-state index in [0.29, 0.717) is 41.6 Å². The molecule has 4 heterocycles. The summed E-state index contributed by atoms with van der Waals surface area (Å²) in [5.74, 6) is 0.0367. The minimum atomic E-state index is -4.53. The van der Waals surface area contributed by atoms with Gasteiger partial charge in [0.1, 0.15) is 12.2 Å². The van der Waals surface area contributed by atoms with Gasteiger partial charge in [-0.1, -0.05) is 17.3 Å². The fourth-order valence-corrected chi connectivity index (χ4v) is 6.13. The molecule has 1 amide bonds. The molecule has 1 aromatic carbocycles. The summed E-state index contributed by atoms with van der Waals surface area (Å²) in [6.07, 6.45) is 0.244. The van der Waals surface area contributed by atoms with Crippen LogP contribution >= 0.6 is 23.1 Å². The highest BCUT2D eigenvalue weighted by Gasteiger charge is 2.35. The van der Waals surface area contributed by atoms with E-state index < -0.39 is 23.8 Å². The number of piperidine rings is 1. The highest BCUT2D eigenvalue weighted by atomic mass is 32.2. The van der Waals surface area contributed by atoms with E-state index >= 15 is 0 Å². The van der Waals surface area contributed by atoms with Crippen molar-refractivity contribution in [3.8, 4) is 10.7 Å². The number of hydrogen-bond donors (Lipinski definition) is 3. The van der Waals surface area contributed by atoms with Crippen LogP contribution in [0.5, 0.6) is 0 Å². The van der Waals surface area contributed by atoms with Crippen molar-refractivity contribution in [1.82, 2.24) is 20.8 Å². The second kappa shape index (κ2) is 8.76. The second-order valence-corrected chi connectivity index (χ2v) is 9.96. The molecule has 2 aliphatic heterocycles. The number of amides is 1. The average molecular weight is 502 g/mol. The Morgan fingerprint density at radius 2 is 2.12 bits per heavy atom. The lowest BCUT2D eigenvalue weighted by Crippen LogP contribution is -2.45. The molecule has 2 fully saturated rings. The van der Waals surface area contributed by atoms with Gasteiger partial charge in [-0.15, -0.1) is 11.3 Å². The highest BCUT2D eigenvalue weighted by molar-refractivity contribution is 8.00. The van der Waals surface area contributed by atoms with Crippen molar-refractivity contribution in [3.63, 3.8) is 0 Å². The predicted octanol–water partition coefficient (Wildman–Crippen LogP) is 4.63. The Hall–Kier alpha value is -2.38. The van der Waals surface area contributed by atoms with Gasteiger partial charge in [-0.3, -0.25) is 4.79 Å². The Morgan fingerprint density at radius 3 is 2.85 bits per heavy atom. The maximum absolute atomic E-state index is 14.3. The average Bonchev–Trinajstić information content (AvgIpc) is 3.48. The van der Waals surface area contributed by atoms with Crippen molar-refractivity contribution in [2.75, 3.05) is 18.4 Å². The Labute approximate surface area is 193 Å². The Kier molecular flexibility index (Phi) is 5.95. The number of anilines is 1. The smallest absolute Gasteiger partial charge is 0.378 e. The molecule has 5 rings (SSSR count). The molecule has 176 valence electrons. The van der Waals surface area contributed by atoms with E-state index in [1.165, 1.54) is 0 Å². The van der Waals surface area contributed by atoms with Crippen molar-refractivity contribution in [1.29, 1.82) is 0 Å². The summed E-state index contributed by atoms with van der Waals surface area (Å²) < 4.78 is 60.5. The highest BCUT2D eigenvalue weighted by Crippen LogP contribution is 2.50. The van der Waals surface area contributed by atoms with Gasteiger partial charge in [-0.05, 0) is 37.2 Å². The van der Waals surface area contributed by atoms with Crippen LogP contribution < -0.4 is 16.0 Å². The first-order valence-electron chi connectivity index (χ1n) is 10.3. The number of aromatic nitrogens is 2. The Morgan fingerprint density at radius 1 is 1.27 bits per heavy atom. The van der Waals surface area contributed by atoms with E-state index in [0.717, 1.165) is 11.3 Å². The number of rotatable bonds is 5. The Bertz CT molecular complexity index is 1180. The molecule has 33 heavy (non-hydrogen) atoms. The standard InChI is InChI=1S/C20H19F4N5O2S2/c21-10-8-25-7-6-11(10)26-12-3-1-2-9-15(12)32-17(16(9)33-20(22,23)24)18-28-19(31-29-18)13-4-5-14(30)27-13/h1-3,10-11,13,25-26H,4-8H2,(H,27,30). The van der Waals surface area contributed by atoms with Crippen LogP contribution in [0, 0.1) is 0 Å². The van der Waals surface area contributed by atoms with Gasteiger partial charge < -0.3 is 20.5 Å². The Balaban J connectivity index is 1.55. The number of benzene rings is 1. The van der Waals surface area contributed by atoms with E-state index in [9.17, 15) is 22.4 Å². The van der Waals surface area contributed by atoms with Gasteiger partial charge in [-0.2, -0.15) is 18.2 Å². The predicted molar refractivity (Wildman–Crippen MR) is 117 cm³/mol. The molecule has 2 aromatic heterocycles. The molecule has 0 spiro atoms. The molecule has 2 aliphatic rings. The lowest BCUT2D eigenvalue weighted by molar-refractivity contribution is -0.119. The first-order chi connectivity index (χ1) is 15.8. The van der Waals surface area contributed by atoms with Crippen molar-refractivity contribution < 1.29 is 26.9 Å². The molecular formula is C20H19F4N5O2S2. The molecule has 0 aliphatic carbocycles. The number of carbonyl (C=O) groups excluding carboxylic acids is 1. The monoisotopic (exact) mass is 501 g/mol. The third kappa shape index (κ3) is 4.66. The fourth-order valence-electron chi connectivity index (χ4n) is 4.03. The van der Waals surface area contributed by atoms with Crippen molar-refractivity contribution in [2.24, 2.45) is 0 Å². The van der Waals surface area contributed by atoms with E-state index in [1.807, 2.05) is 0 Å². The van der Waals surface area contributed by atoms with Crippen LogP contribution in [0.1, 0.15) is 31.2 Å². The number of fused-ring (bicyclic) bond motifs is 1. The molecule has 2 saturated heterocycles. The molecule has 3 N–H and O–H groups in total. The molecule has 0 radical (unpaired) electrons. The number of alkyl halides is 4. The zero-order chi connectivity index (χ0) is 23.2. The van der Waals surface area contributed by atoms with Crippen LogP contribution in [-0.2, 0) is 4.79 Å². The molecule has 0 saturated carbocycles. The molecular weight excluding hydrogens is 482 g/mol. The number of nitrogens with zero attached hydrogens (tertiary/aromatic N) is 2. The first-order valence-corrected chi connectivity index (χ1v) is 12.0. The van der Waals surface area contributed by atoms with Crippen LogP contribution in [0.2, 0.25) is 0 Å². The topological polar surface area (TPSA) is 92.1 Å². The fraction of sp³-hybridized carbons (Fsp3) is 0.450. The van der Waals surface area contributed by atoms with Gasteiger partial charge in [0.25, 0.3) is 0 Å². The quantitative estimate of drug-likeness (QED) is 0.347. The van der Waals surface area contributed by atoms with Crippen LogP contribution in [0.3, 0.4) is 0 Å². The van der Waals surface area contributed by atoms with Crippen LogP contribution in [0.4, 0.5) is 23.2 Å². The largest absolute Gasteiger partial charge is 0.446 e. The summed E-state index contributed by atoms with van der Waals surface area (Å²) in [6, 6.07) is 4.08. The summed E-state index contributed by atoms with van der Waals surface area (Å²) >= 11 is 0.860. The van der Waals surface area contributed by atoms with Crippen molar-refractivity contribution in [2.45, 2.75) is 47.9 Å². The van der Waals surface area contributed by atoms with Gasteiger partial charge in [0.05, 0.1) is 21.3 Å². The zero-order valence-corrected chi connectivity index (χ0v) is 18.7. The van der Waals surface area contributed by atoms with Crippen LogP contribution in [0.15, 0.2) is 27.6 Å². The van der Waals surface area contributed by atoms with Crippen LogP contribution in [-0.4, -0.2) is 46.9 Å². The maximum Gasteiger partial charge on any atom is 0.446 e. The maximum atomic E-state index is 14.3. The number of halogens is 4. The number of thiophene rings is 1. The summed E-state index contributed by atoms with van der Waals surface area (Å²) in [4.78, 5) is 16.0. The van der Waals surface area contributed by atoms with Gasteiger partial charge >= 0.3 is 5.51 Å². The summed E-state index contributed by atoms with van der Waals surface area (Å²) in [5, 5.41) is 13.1. The third-order valence-electron chi connectivity index (χ3n) is 5.57. The number of nitrogens with one attached hydrogen (secondary N) is 3. The van der Waals surface area contributed by atoms with Crippen molar-refractivity contribution in [3.05, 3.63) is 24.1 Å². The molecule has 0 bridgehead atoms. The van der Waals surface area contributed by atoms with E-state index in [-0.39, 0.29) is 45.7 Å². The molecule has 3 unspecified atom stereocenters. The van der Waals surface area contributed by atoms with Crippen molar-refractivity contribution >= 4 is 44.8 Å². The van der Waals surface area contributed by atoms with Crippen LogP contribution in [0.25, 0.3) is 20.8 Å². The zero-order valence-electron chi connectivity index (χ0n) is 17.0. The molecule has 3 aromatic rings. The minimum absolute atomic E-state index is 0.0234. The second-order valence-electron chi connectivity index (χ2n) is 7.86. The summed E-state index contributed by atoms with van der Waals surface area (Å²) in [6.45, 7) is 0.879. The van der Waals surface area contributed by atoms with Gasteiger partial charge in [0, 0.05) is 23.2 Å². The van der Waals surface area contributed by atoms with E-state index in [2.05, 4.69) is 26.1 Å². The lowest BCUT2D eigenvalue weighted by Gasteiger charge is -2.28. The van der Waals surface area contributed by atoms with Gasteiger partial charge in [0.2, 0.25) is 17.6 Å². The van der Waals surface area contributed by atoms with Gasteiger partial charge in [0.15, 0.2) is 0 Å². The SMILES string of the molecule is O=C1CCC(c2nc(-c3sc4c(NC5CCNCC5F)cccc4c3SC(F)(F)F)no2)N1. The van der Waals surface area contributed by atoms with Gasteiger partial charge in [-0.25, -0.2) is 4.39 Å². The minimum Gasteiger partial charge on any atom is -0.378 e. The molecule has 13 heteroatoms. The number of hydrogen-bond acceptors (Lipinski definition) is 8.